The van der Waals surface area contributed by atoms with Gasteiger partial charge in [0.2, 0.25) is 0 Å². The molecule has 2 N–H and O–H groups in total. The lowest BCUT2D eigenvalue weighted by molar-refractivity contribution is 0.643. The van der Waals surface area contributed by atoms with Crippen molar-refractivity contribution in [2.75, 3.05) is 0 Å². The molecule has 0 bridgehead atoms. The fourth-order valence-electron chi connectivity index (χ4n) is 2.37. The van der Waals surface area contributed by atoms with Gasteiger partial charge in [-0.25, -0.2) is 4.98 Å². The van der Waals surface area contributed by atoms with Crippen molar-refractivity contribution in [3.05, 3.63) is 47.0 Å². The molecule has 3 nitrogen and oxygen atoms in total. The minimum Gasteiger partial charge on any atom is -0.327 e. The van der Waals surface area contributed by atoms with Gasteiger partial charge in [-0.3, -0.25) is 0 Å². The summed E-state index contributed by atoms with van der Waals surface area (Å²) in [5, 5.41) is 0.751. The molecule has 0 saturated carbocycles. The first-order valence-corrected chi connectivity index (χ1v) is 7.60. The summed E-state index contributed by atoms with van der Waals surface area (Å²) in [5.74, 6) is 1.05. The Morgan fingerprint density at radius 2 is 2.15 bits per heavy atom. The summed E-state index contributed by atoms with van der Waals surface area (Å²) in [5.41, 5.74) is 8.32. The zero-order valence-corrected chi connectivity index (χ0v) is 12.9. The molecule has 2 rings (SSSR count). The van der Waals surface area contributed by atoms with Crippen molar-refractivity contribution < 1.29 is 0 Å². The first-order chi connectivity index (χ1) is 9.67. The Hall–Kier alpha value is -1.32. The van der Waals surface area contributed by atoms with Crippen molar-refractivity contribution in [3.8, 4) is 5.69 Å². The lowest BCUT2D eigenvalue weighted by Gasteiger charge is -2.17. The molecule has 0 saturated heterocycles. The predicted octanol–water partition coefficient (Wildman–Crippen LogP) is 3.76. The van der Waals surface area contributed by atoms with E-state index in [1.807, 2.05) is 24.5 Å². The van der Waals surface area contributed by atoms with Gasteiger partial charge in [0.15, 0.2) is 0 Å². The molecule has 0 amide bonds. The minimum absolute atomic E-state index is 0.158. The number of nitrogens with zero attached hydrogens (tertiary/aromatic N) is 2. The lowest BCUT2D eigenvalue weighted by Crippen LogP contribution is -2.22. The van der Waals surface area contributed by atoms with Crippen LogP contribution in [0.1, 0.15) is 38.1 Å². The highest BCUT2D eigenvalue weighted by Crippen LogP contribution is 2.27. The maximum absolute atomic E-state index is 6.43. The van der Waals surface area contributed by atoms with E-state index in [4.69, 9.17) is 17.3 Å². The van der Waals surface area contributed by atoms with Crippen molar-refractivity contribution in [1.29, 1.82) is 0 Å². The molecule has 1 aromatic carbocycles. The van der Waals surface area contributed by atoms with Crippen LogP contribution in [0.3, 0.4) is 0 Å². The third-order valence-electron chi connectivity index (χ3n) is 3.51. The van der Waals surface area contributed by atoms with Crippen LogP contribution in [0.15, 0.2) is 30.6 Å². The van der Waals surface area contributed by atoms with Crippen molar-refractivity contribution in [3.63, 3.8) is 0 Å². The second-order valence-corrected chi connectivity index (χ2v) is 5.49. The summed E-state index contributed by atoms with van der Waals surface area (Å²) < 4.78 is 2.10. The van der Waals surface area contributed by atoms with Gasteiger partial charge >= 0.3 is 0 Å². The Kier molecular flexibility index (Phi) is 5.21. The Labute approximate surface area is 125 Å². The number of nitrogens with two attached hydrogens (primary N) is 1. The van der Waals surface area contributed by atoms with Crippen LogP contribution in [-0.4, -0.2) is 15.6 Å². The van der Waals surface area contributed by atoms with Gasteiger partial charge in [-0.15, -0.1) is 0 Å². The topological polar surface area (TPSA) is 43.8 Å². The molecular formula is C16H22ClN3. The fraction of sp³-hybridized carbons (Fsp3) is 0.438. The normalized spacial score (nSPS) is 12.6. The molecule has 20 heavy (non-hydrogen) atoms. The van der Waals surface area contributed by atoms with Crippen LogP contribution in [0.25, 0.3) is 5.69 Å². The van der Waals surface area contributed by atoms with Crippen LogP contribution >= 0.6 is 11.6 Å². The number of para-hydroxylation sites is 1. The Bertz CT molecular complexity index is 563. The first kappa shape index (κ1) is 15.1. The van der Waals surface area contributed by atoms with E-state index in [0.717, 1.165) is 42.2 Å². The predicted molar refractivity (Wildman–Crippen MR) is 84.5 cm³/mol. The minimum atomic E-state index is 0.158. The van der Waals surface area contributed by atoms with E-state index in [0.29, 0.717) is 0 Å². The maximum atomic E-state index is 6.43. The summed E-state index contributed by atoms with van der Waals surface area (Å²) in [6, 6.07) is 6.17. The monoisotopic (exact) mass is 291 g/mol. The van der Waals surface area contributed by atoms with Crippen LogP contribution in [0.2, 0.25) is 5.02 Å². The number of hydrogen-bond donors (Lipinski definition) is 1. The van der Waals surface area contributed by atoms with Crippen LogP contribution < -0.4 is 5.73 Å². The zero-order chi connectivity index (χ0) is 14.5. The van der Waals surface area contributed by atoms with Crippen LogP contribution in [-0.2, 0) is 12.8 Å². The van der Waals surface area contributed by atoms with Gasteiger partial charge in [0.25, 0.3) is 0 Å². The molecule has 2 aromatic rings. The Balaban J connectivity index is 2.46. The third-order valence-corrected chi connectivity index (χ3v) is 3.81. The molecule has 0 aliphatic heterocycles. The second kappa shape index (κ2) is 6.91. The number of hydrogen-bond acceptors (Lipinski definition) is 2. The summed E-state index contributed by atoms with van der Waals surface area (Å²) in [6.07, 6.45) is 7.60. The van der Waals surface area contributed by atoms with Crippen molar-refractivity contribution in [2.24, 2.45) is 5.73 Å². The molecule has 1 unspecified atom stereocenters. The number of imidazole rings is 1. The molecule has 0 spiro atoms. The van der Waals surface area contributed by atoms with Crippen LogP contribution in [0.5, 0.6) is 0 Å². The second-order valence-electron chi connectivity index (χ2n) is 5.08. The average molecular weight is 292 g/mol. The van der Waals surface area contributed by atoms with Gasteiger partial charge in [-0.1, -0.05) is 37.6 Å². The van der Waals surface area contributed by atoms with Gasteiger partial charge in [0.1, 0.15) is 5.82 Å². The van der Waals surface area contributed by atoms with Crippen molar-refractivity contribution in [2.45, 2.75) is 45.6 Å². The van der Waals surface area contributed by atoms with Gasteiger partial charge < -0.3 is 10.3 Å². The summed E-state index contributed by atoms with van der Waals surface area (Å²) in [4.78, 5) is 4.44. The molecule has 0 aliphatic carbocycles. The third kappa shape index (κ3) is 3.22. The van der Waals surface area contributed by atoms with E-state index in [9.17, 15) is 0 Å². The highest BCUT2D eigenvalue weighted by molar-refractivity contribution is 6.32. The fourth-order valence-corrected chi connectivity index (χ4v) is 2.65. The van der Waals surface area contributed by atoms with Gasteiger partial charge in [0, 0.05) is 24.9 Å². The molecule has 1 heterocycles. The molecule has 0 aliphatic rings. The standard InChI is InChI=1S/C16H22ClN3/c1-3-6-15-19-9-10-20(15)16-12(11-13(18)4-2)7-5-8-14(16)17/h5,7-10,13H,3-4,6,11,18H2,1-2H3. The lowest BCUT2D eigenvalue weighted by atomic mass is 10.0. The average Bonchev–Trinajstić information content (AvgIpc) is 2.87. The van der Waals surface area contributed by atoms with Crippen molar-refractivity contribution >= 4 is 11.6 Å². The van der Waals surface area contributed by atoms with Gasteiger partial charge in [-0.05, 0) is 30.9 Å². The molecule has 0 fully saturated rings. The van der Waals surface area contributed by atoms with Gasteiger partial charge in [0.05, 0.1) is 10.7 Å². The number of aryl methyl sites for hydroxylation is 1. The Morgan fingerprint density at radius 3 is 2.85 bits per heavy atom. The summed E-state index contributed by atoms with van der Waals surface area (Å²) in [7, 11) is 0. The van der Waals surface area contributed by atoms with Crippen molar-refractivity contribution in [1.82, 2.24) is 9.55 Å². The first-order valence-electron chi connectivity index (χ1n) is 7.22. The van der Waals surface area contributed by atoms with E-state index in [-0.39, 0.29) is 6.04 Å². The van der Waals surface area contributed by atoms with E-state index in [1.165, 1.54) is 5.56 Å². The zero-order valence-electron chi connectivity index (χ0n) is 12.1. The molecule has 1 aromatic heterocycles. The smallest absolute Gasteiger partial charge is 0.113 e. The van der Waals surface area contributed by atoms with E-state index in [1.54, 1.807) is 0 Å². The van der Waals surface area contributed by atoms with Crippen LogP contribution in [0, 0.1) is 0 Å². The molecule has 4 heteroatoms. The van der Waals surface area contributed by atoms with Gasteiger partial charge in [-0.2, -0.15) is 0 Å². The largest absolute Gasteiger partial charge is 0.327 e. The molecule has 108 valence electrons. The number of halogens is 1. The van der Waals surface area contributed by atoms with Crippen LogP contribution in [0.4, 0.5) is 0 Å². The number of benzene rings is 1. The maximum Gasteiger partial charge on any atom is 0.113 e. The Morgan fingerprint density at radius 1 is 1.35 bits per heavy atom. The highest BCUT2D eigenvalue weighted by atomic mass is 35.5. The number of rotatable bonds is 6. The van der Waals surface area contributed by atoms with E-state index in [2.05, 4.69) is 29.5 Å². The summed E-state index contributed by atoms with van der Waals surface area (Å²) >= 11 is 6.43. The SMILES string of the molecule is CCCc1nccn1-c1c(Cl)cccc1CC(N)CC. The molecule has 0 radical (unpaired) electrons. The summed E-state index contributed by atoms with van der Waals surface area (Å²) in [6.45, 7) is 4.26. The molecular weight excluding hydrogens is 270 g/mol. The quantitative estimate of drug-likeness (QED) is 0.881. The number of aromatic nitrogens is 2. The van der Waals surface area contributed by atoms with E-state index >= 15 is 0 Å². The van der Waals surface area contributed by atoms with E-state index < -0.39 is 0 Å². The molecule has 1 atom stereocenters. The highest BCUT2D eigenvalue weighted by Gasteiger charge is 2.14.